The molecule has 122 valence electrons. The van der Waals surface area contributed by atoms with Crippen LogP contribution in [0.3, 0.4) is 0 Å². The molecule has 1 aromatic heterocycles. The Kier molecular flexibility index (Phi) is 5.19. The van der Waals surface area contributed by atoms with E-state index in [9.17, 15) is 4.79 Å². The van der Waals surface area contributed by atoms with Gasteiger partial charge in [0.25, 0.3) is 5.91 Å². The Labute approximate surface area is 154 Å². The van der Waals surface area contributed by atoms with E-state index < -0.39 is 0 Å². The molecule has 1 heterocycles. The van der Waals surface area contributed by atoms with E-state index in [-0.39, 0.29) is 5.91 Å². The number of amides is 1. The quantitative estimate of drug-likeness (QED) is 0.666. The molecule has 0 spiro atoms. The van der Waals surface area contributed by atoms with Gasteiger partial charge in [0, 0.05) is 17.1 Å². The first-order chi connectivity index (χ1) is 11.6. The Balaban J connectivity index is 1.79. The maximum Gasteiger partial charge on any atom is 0.263 e. The van der Waals surface area contributed by atoms with Crippen molar-refractivity contribution in [2.45, 2.75) is 13.5 Å². The van der Waals surface area contributed by atoms with Crippen LogP contribution >= 0.6 is 34.5 Å². The highest BCUT2D eigenvalue weighted by Crippen LogP contribution is 2.32. The van der Waals surface area contributed by atoms with E-state index in [1.807, 2.05) is 49.4 Å². The highest BCUT2D eigenvalue weighted by molar-refractivity contribution is 7.17. The molecule has 3 nitrogen and oxygen atoms in total. The number of nitrogens with zero attached hydrogens (tertiary/aromatic N) is 1. The summed E-state index contributed by atoms with van der Waals surface area (Å²) in [5.41, 5.74) is 2.39. The van der Waals surface area contributed by atoms with Gasteiger partial charge >= 0.3 is 0 Å². The Morgan fingerprint density at radius 1 is 1.08 bits per heavy atom. The van der Waals surface area contributed by atoms with E-state index in [0.29, 0.717) is 27.2 Å². The van der Waals surface area contributed by atoms with Gasteiger partial charge in [0.1, 0.15) is 9.88 Å². The minimum absolute atomic E-state index is 0.164. The van der Waals surface area contributed by atoms with Crippen molar-refractivity contribution in [1.29, 1.82) is 0 Å². The highest BCUT2D eigenvalue weighted by Gasteiger charge is 2.17. The second kappa shape index (κ2) is 7.34. The number of halogens is 2. The smallest absolute Gasteiger partial charge is 0.263 e. The summed E-state index contributed by atoms with van der Waals surface area (Å²) in [5, 5.41) is 4.88. The first-order valence-corrected chi connectivity index (χ1v) is 8.87. The number of thiazole rings is 1. The number of benzene rings is 2. The zero-order chi connectivity index (χ0) is 17.1. The Morgan fingerprint density at radius 2 is 1.75 bits per heavy atom. The average molecular weight is 377 g/mol. The van der Waals surface area contributed by atoms with E-state index in [1.54, 1.807) is 6.07 Å². The zero-order valence-electron chi connectivity index (χ0n) is 12.8. The van der Waals surface area contributed by atoms with Crippen LogP contribution in [0, 0.1) is 6.92 Å². The van der Waals surface area contributed by atoms with Crippen molar-refractivity contribution in [3.63, 3.8) is 0 Å². The van der Waals surface area contributed by atoms with Gasteiger partial charge in [-0.3, -0.25) is 4.79 Å². The van der Waals surface area contributed by atoms with Crippen LogP contribution in [0.25, 0.3) is 10.6 Å². The SMILES string of the molecule is Cc1nc(-c2ccccc2Cl)sc1C(=O)NCc1ccccc1Cl. The summed E-state index contributed by atoms with van der Waals surface area (Å²) in [5.74, 6) is -0.164. The number of hydrogen-bond donors (Lipinski definition) is 1. The average Bonchev–Trinajstić information content (AvgIpc) is 2.96. The van der Waals surface area contributed by atoms with Gasteiger partial charge in [-0.25, -0.2) is 4.98 Å². The van der Waals surface area contributed by atoms with Gasteiger partial charge in [0.15, 0.2) is 0 Å². The molecule has 0 saturated heterocycles. The van der Waals surface area contributed by atoms with Crippen LogP contribution < -0.4 is 5.32 Å². The molecule has 0 atom stereocenters. The molecule has 2 aromatic carbocycles. The molecular formula is C18H14Cl2N2OS. The van der Waals surface area contributed by atoms with E-state index in [2.05, 4.69) is 10.3 Å². The molecule has 6 heteroatoms. The summed E-state index contributed by atoms with van der Waals surface area (Å²) in [4.78, 5) is 17.5. The number of carbonyl (C=O) groups excluding carboxylic acids is 1. The van der Waals surface area contributed by atoms with E-state index in [1.165, 1.54) is 11.3 Å². The van der Waals surface area contributed by atoms with Crippen molar-refractivity contribution < 1.29 is 4.79 Å². The van der Waals surface area contributed by atoms with Crippen LogP contribution in [0.1, 0.15) is 20.9 Å². The van der Waals surface area contributed by atoms with Gasteiger partial charge in [-0.05, 0) is 24.6 Å². The van der Waals surface area contributed by atoms with Crippen LogP contribution in [0.5, 0.6) is 0 Å². The molecular weight excluding hydrogens is 363 g/mol. The fourth-order valence-corrected chi connectivity index (χ4v) is 3.76. The Morgan fingerprint density at radius 3 is 2.46 bits per heavy atom. The minimum atomic E-state index is -0.164. The van der Waals surface area contributed by atoms with Gasteiger partial charge in [-0.1, -0.05) is 59.6 Å². The number of aryl methyl sites for hydroxylation is 1. The summed E-state index contributed by atoms with van der Waals surface area (Å²) in [7, 11) is 0. The summed E-state index contributed by atoms with van der Waals surface area (Å²) in [6, 6.07) is 14.9. The molecule has 0 bridgehead atoms. The van der Waals surface area contributed by atoms with Crippen molar-refractivity contribution >= 4 is 40.4 Å². The fraction of sp³-hybridized carbons (Fsp3) is 0.111. The normalized spacial score (nSPS) is 10.6. The standard InChI is InChI=1S/C18H14Cl2N2OS/c1-11-16(17(23)21-10-12-6-2-4-8-14(12)19)24-18(22-11)13-7-3-5-9-15(13)20/h2-9H,10H2,1H3,(H,21,23). The number of nitrogens with one attached hydrogen (secondary N) is 1. The van der Waals surface area contributed by atoms with Crippen molar-refractivity contribution in [3.8, 4) is 10.6 Å². The summed E-state index contributed by atoms with van der Waals surface area (Å²) in [6.07, 6.45) is 0. The Hall–Kier alpha value is -1.88. The lowest BCUT2D eigenvalue weighted by molar-refractivity contribution is 0.0954. The maximum atomic E-state index is 12.5. The van der Waals surface area contributed by atoms with Crippen molar-refractivity contribution in [2.75, 3.05) is 0 Å². The third-order valence-corrected chi connectivity index (χ3v) is 5.39. The van der Waals surface area contributed by atoms with Gasteiger partial charge < -0.3 is 5.32 Å². The number of carbonyl (C=O) groups is 1. The number of hydrogen-bond acceptors (Lipinski definition) is 3. The van der Waals surface area contributed by atoms with Crippen molar-refractivity contribution in [2.24, 2.45) is 0 Å². The first kappa shape index (κ1) is 17.0. The molecule has 24 heavy (non-hydrogen) atoms. The van der Waals surface area contributed by atoms with E-state index >= 15 is 0 Å². The maximum absolute atomic E-state index is 12.5. The molecule has 3 rings (SSSR count). The van der Waals surface area contributed by atoms with E-state index in [4.69, 9.17) is 23.2 Å². The van der Waals surface area contributed by atoms with Gasteiger partial charge in [-0.2, -0.15) is 0 Å². The zero-order valence-corrected chi connectivity index (χ0v) is 15.2. The molecule has 0 radical (unpaired) electrons. The van der Waals surface area contributed by atoms with Crippen LogP contribution in [0.4, 0.5) is 0 Å². The second-order valence-electron chi connectivity index (χ2n) is 5.19. The van der Waals surface area contributed by atoms with Crippen LogP contribution in [0.15, 0.2) is 48.5 Å². The van der Waals surface area contributed by atoms with Crippen LogP contribution in [0.2, 0.25) is 10.0 Å². The fourth-order valence-electron chi connectivity index (χ4n) is 2.25. The molecule has 0 fully saturated rings. The highest BCUT2D eigenvalue weighted by atomic mass is 35.5. The molecule has 3 aromatic rings. The molecule has 0 saturated carbocycles. The lowest BCUT2D eigenvalue weighted by Gasteiger charge is -2.05. The molecule has 1 amide bonds. The predicted octanol–water partition coefficient (Wildman–Crippen LogP) is 5.36. The molecule has 0 aliphatic carbocycles. The number of rotatable bonds is 4. The second-order valence-corrected chi connectivity index (χ2v) is 7.00. The predicted molar refractivity (Wildman–Crippen MR) is 99.9 cm³/mol. The minimum Gasteiger partial charge on any atom is -0.347 e. The monoisotopic (exact) mass is 376 g/mol. The topological polar surface area (TPSA) is 42.0 Å². The summed E-state index contributed by atoms with van der Waals surface area (Å²) >= 11 is 13.7. The molecule has 0 aliphatic heterocycles. The molecule has 1 N–H and O–H groups in total. The first-order valence-electron chi connectivity index (χ1n) is 7.30. The lowest BCUT2D eigenvalue weighted by Crippen LogP contribution is -2.22. The van der Waals surface area contributed by atoms with Crippen molar-refractivity contribution in [1.82, 2.24) is 10.3 Å². The van der Waals surface area contributed by atoms with Gasteiger partial charge in [-0.15, -0.1) is 11.3 Å². The van der Waals surface area contributed by atoms with E-state index in [0.717, 1.165) is 16.1 Å². The third-order valence-electron chi connectivity index (χ3n) is 3.50. The summed E-state index contributed by atoms with van der Waals surface area (Å²) < 4.78 is 0. The third kappa shape index (κ3) is 3.61. The number of aromatic nitrogens is 1. The lowest BCUT2D eigenvalue weighted by atomic mass is 10.2. The van der Waals surface area contributed by atoms with Gasteiger partial charge in [0.05, 0.1) is 10.7 Å². The van der Waals surface area contributed by atoms with Crippen LogP contribution in [-0.4, -0.2) is 10.9 Å². The van der Waals surface area contributed by atoms with Crippen molar-refractivity contribution in [3.05, 3.63) is 74.7 Å². The Bertz CT molecular complexity index is 892. The van der Waals surface area contributed by atoms with Gasteiger partial charge in [0.2, 0.25) is 0 Å². The summed E-state index contributed by atoms with van der Waals surface area (Å²) in [6.45, 7) is 2.19. The van der Waals surface area contributed by atoms with Crippen LogP contribution in [-0.2, 0) is 6.54 Å². The molecule has 0 aliphatic rings. The largest absolute Gasteiger partial charge is 0.347 e. The molecule has 0 unspecified atom stereocenters.